The first-order valence-electron chi connectivity index (χ1n) is 7.87. The summed E-state index contributed by atoms with van der Waals surface area (Å²) in [6.07, 6.45) is 2.59. The van der Waals surface area contributed by atoms with Crippen molar-refractivity contribution in [3.63, 3.8) is 0 Å². The maximum Gasteiger partial charge on any atom is 0.223 e. The van der Waals surface area contributed by atoms with Gasteiger partial charge in [0.1, 0.15) is 5.75 Å². The first-order valence-corrected chi connectivity index (χ1v) is 7.87. The predicted molar refractivity (Wildman–Crippen MR) is 86.7 cm³/mol. The van der Waals surface area contributed by atoms with E-state index in [1.807, 2.05) is 19.1 Å². The van der Waals surface area contributed by atoms with Gasteiger partial charge in [0.25, 0.3) is 0 Å². The molecule has 0 aromatic heterocycles. The van der Waals surface area contributed by atoms with E-state index in [9.17, 15) is 4.79 Å². The number of aryl methyl sites for hydroxylation is 1. The van der Waals surface area contributed by atoms with Crippen molar-refractivity contribution in [2.24, 2.45) is 0 Å². The minimum absolute atomic E-state index is 0.0338. The van der Waals surface area contributed by atoms with Crippen LogP contribution in [-0.4, -0.2) is 31.6 Å². The predicted octanol–water partition coefficient (Wildman–Crippen LogP) is 2.52. The molecule has 2 N–H and O–H groups in total. The van der Waals surface area contributed by atoms with Gasteiger partial charge in [0.15, 0.2) is 0 Å². The number of ether oxygens (including phenoxy) is 1. The van der Waals surface area contributed by atoms with E-state index < -0.39 is 0 Å². The summed E-state index contributed by atoms with van der Waals surface area (Å²) in [5.74, 6) is 0.856. The van der Waals surface area contributed by atoms with Crippen molar-refractivity contribution in [3.8, 4) is 5.75 Å². The van der Waals surface area contributed by atoms with Gasteiger partial charge in [-0.1, -0.05) is 19.1 Å². The van der Waals surface area contributed by atoms with Gasteiger partial charge in [-0.25, -0.2) is 0 Å². The average molecular weight is 292 g/mol. The lowest BCUT2D eigenvalue weighted by atomic mass is 10.1. The first-order chi connectivity index (χ1) is 10.2. The van der Waals surface area contributed by atoms with Gasteiger partial charge in [-0.05, 0) is 50.9 Å². The second-order valence-corrected chi connectivity index (χ2v) is 5.19. The third-order valence-electron chi connectivity index (χ3n) is 3.31. The lowest BCUT2D eigenvalue weighted by Gasteiger charge is -2.12. The molecular formula is C17H28N2O2. The van der Waals surface area contributed by atoms with Crippen molar-refractivity contribution in [1.82, 2.24) is 10.6 Å². The van der Waals surface area contributed by atoms with Gasteiger partial charge in [-0.15, -0.1) is 0 Å². The van der Waals surface area contributed by atoms with Crippen LogP contribution in [0.5, 0.6) is 5.75 Å². The molecule has 21 heavy (non-hydrogen) atoms. The molecule has 4 nitrogen and oxygen atoms in total. The third-order valence-corrected chi connectivity index (χ3v) is 3.31. The van der Waals surface area contributed by atoms with Crippen LogP contribution in [0.2, 0.25) is 0 Å². The molecule has 0 bridgehead atoms. The Bertz CT molecular complexity index is 404. The van der Waals surface area contributed by atoms with Crippen LogP contribution in [0, 0.1) is 0 Å². The lowest BCUT2D eigenvalue weighted by Crippen LogP contribution is -2.25. The number of benzene rings is 1. The van der Waals surface area contributed by atoms with Crippen LogP contribution < -0.4 is 15.4 Å². The average Bonchev–Trinajstić information content (AvgIpc) is 2.47. The normalized spacial score (nSPS) is 12.0. The molecule has 118 valence electrons. The highest BCUT2D eigenvalue weighted by atomic mass is 16.5. The molecule has 0 heterocycles. The molecule has 0 spiro atoms. The molecule has 0 fully saturated rings. The first kappa shape index (κ1) is 17.5. The lowest BCUT2D eigenvalue weighted by molar-refractivity contribution is -0.121. The summed E-state index contributed by atoms with van der Waals surface area (Å²) in [5, 5.41) is 6.17. The van der Waals surface area contributed by atoms with E-state index >= 15 is 0 Å². The minimum Gasteiger partial charge on any atom is -0.493 e. The van der Waals surface area contributed by atoms with Gasteiger partial charge in [0.2, 0.25) is 5.91 Å². The van der Waals surface area contributed by atoms with E-state index in [0.29, 0.717) is 25.6 Å². The molecule has 1 aromatic carbocycles. The molecule has 0 aliphatic heterocycles. The van der Waals surface area contributed by atoms with Crippen molar-refractivity contribution in [1.29, 1.82) is 0 Å². The molecule has 0 radical (unpaired) electrons. The molecule has 1 aromatic rings. The van der Waals surface area contributed by atoms with Crippen LogP contribution >= 0.6 is 0 Å². The number of hydrogen-bond donors (Lipinski definition) is 2. The van der Waals surface area contributed by atoms with Gasteiger partial charge < -0.3 is 15.4 Å². The Labute approximate surface area is 128 Å². The molecule has 0 saturated carbocycles. The SMILES string of the molecule is CCNC(=O)CCOc1ccc(CCC(C)NCC)cc1. The number of carbonyl (C=O) groups is 1. The second kappa shape index (κ2) is 10.2. The molecule has 0 aliphatic rings. The summed E-state index contributed by atoms with van der Waals surface area (Å²) >= 11 is 0. The van der Waals surface area contributed by atoms with Crippen LogP contribution in [0.4, 0.5) is 0 Å². The number of amides is 1. The third kappa shape index (κ3) is 7.71. The van der Waals surface area contributed by atoms with E-state index in [1.54, 1.807) is 0 Å². The fourth-order valence-electron chi connectivity index (χ4n) is 2.13. The Morgan fingerprint density at radius 1 is 1.19 bits per heavy atom. The van der Waals surface area contributed by atoms with Gasteiger partial charge in [-0.3, -0.25) is 4.79 Å². The van der Waals surface area contributed by atoms with Gasteiger partial charge in [0, 0.05) is 12.6 Å². The van der Waals surface area contributed by atoms with Crippen LogP contribution in [0.3, 0.4) is 0 Å². The summed E-state index contributed by atoms with van der Waals surface area (Å²) < 4.78 is 5.57. The second-order valence-electron chi connectivity index (χ2n) is 5.19. The summed E-state index contributed by atoms with van der Waals surface area (Å²) in [4.78, 5) is 11.3. The van der Waals surface area contributed by atoms with Crippen molar-refractivity contribution >= 4 is 5.91 Å². The molecule has 1 unspecified atom stereocenters. The maximum absolute atomic E-state index is 11.3. The Hall–Kier alpha value is -1.55. The molecule has 1 atom stereocenters. The quantitative estimate of drug-likeness (QED) is 0.697. The molecule has 0 aliphatic carbocycles. The fraction of sp³-hybridized carbons (Fsp3) is 0.588. The summed E-state index contributed by atoms with van der Waals surface area (Å²) in [7, 11) is 0. The smallest absolute Gasteiger partial charge is 0.223 e. The molecule has 0 saturated heterocycles. The fourth-order valence-corrected chi connectivity index (χ4v) is 2.13. The van der Waals surface area contributed by atoms with Crippen LogP contribution in [0.15, 0.2) is 24.3 Å². The van der Waals surface area contributed by atoms with E-state index in [-0.39, 0.29) is 5.91 Å². The molecule has 4 heteroatoms. The maximum atomic E-state index is 11.3. The number of nitrogens with one attached hydrogen (secondary N) is 2. The Kier molecular flexibility index (Phi) is 8.51. The standard InChI is InChI=1S/C17H28N2O2/c1-4-18-14(3)6-7-15-8-10-16(11-9-15)21-13-12-17(20)19-5-2/h8-11,14,18H,4-7,12-13H2,1-3H3,(H,19,20). The van der Waals surface area contributed by atoms with E-state index in [4.69, 9.17) is 4.74 Å². The topological polar surface area (TPSA) is 50.4 Å². The summed E-state index contributed by atoms with van der Waals surface area (Å²) in [6.45, 7) is 8.35. The van der Waals surface area contributed by atoms with Crippen molar-refractivity contribution in [2.45, 2.75) is 46.1 Å². The molecule has 1 rings (SSSR count). The Morgan fingerprint density at radius 2 is 1.90 bits per heavy atom. The van der Waals surface area contributed by atoms with Crippen LogP contribution in [-0.2, 0) is 11.2 Å². The monoisotopic (exact) mass is 292 g/mol. The number of carbonyl (C=O) groups excluding carboxylic acids is 1. The van der Waals surface area contributed by atoms with Crippen LogP contribution in [0.1, 0.15) is 39.2 Å². The zero-order chi connectivity index (χ0) is 15.5. The highest BCUT2D eigenvalue weighted by Crippen LogP contribution is 2.14. The minimum atomic E-state index is 0.0338. The van der Waals surface area contributed by atoms with Crippen molar-refractivity contribution in [2.75, 3.05) is 19.7 Å². The van der Waals surface area contributed by atoms with Gasteiger partial charge >= 0.3 is 0 Å². The van der Waals surface area contributed by atoms with Gasteiger partial charge in [0.05, 0.1) is 13.0 Å². The number of hydrogen-bond acceptors (Lipinski definition) is 3. The van der Waals surface area contributed by atoms with Crippen molar-refractivity contribution < 1.29 is 9.53 Å². The van der Waals surface area contributed by atoms with Crippen molar-refractivity contribution in [3.05, 3.63) is 29.8 Å². The Balaban J connectivity index is 2.28. The molecule has 1 amide bonds. The highest BCUT2D eigenvalue weighted by molar-refractivity contribution is 5.75. The Morgan fingerprint density at radius 3 is 2.52 bits per heavy atom. The van der Waals surface area contributed by atoms with Crippen LogP contribution in [0.25, 0.3) is 0 Å². The summed E-state index contributed by atoms with van der Waals surface area (Å²) in [5.41, 5.74) is 1.32. The largest absolute Gasteiger partial charge is 0.493 e. The number of rotatable bonds is 10. The zero-order valence-electron chi connectivity index (χ0n) is 13.4. The highest BCUT2D eigenvalue weighted by Gasteiger charge is 2.02. The van der Waals surface area contributed by atoms with E-state index in [2.05, 4.69) is 36.6 Å². The zero-order valence-corrected chi connectivity index (χ0v) is 13.4. The van der Waals surface area contributed by atoms with E-state index in [1.165, 1.54) is 5.56 Å². The van der Waals surface area contributed by atoms with Gasteiger partial charge in [-0.2, -0.15) is 0 Å². The summed E-state index contributed by atoms with van der Waals surface area (Å²) in [6, 6.07) is 8.69. The molecular weight excluding hydrogens is 264 g/mol. The van der Waals surface area contributed by atoms with E-state index in [0.717, 1.165) is 25.1 Å².